The summed E-state index contributed by atoms with van der Waals surface area (Å²) in [5.41, 5.74) is 4.39. The molecule has 0 atom stereocenters. The number of piperidine rings is 1. The molecule has 0 amide bonds. The van der Waals surface area contributed by atoms with Crippen molar-refractivity contribution in [1.29, 1.82) is 0 Å². The molecule has 2 aromatic carbocycles. The molecule has 0 unspecified atom stereocenters. The first-order chi connectivity index (χ1) is 19.6. The molecule has 1 saturated heterocycles. The Morgan fingerprint density at radius 3 is 2.67 bits per heavy atom. The van der Waals surface area contributed by atoms with Gasteiger partial charge in [-0.3, -0.25) is 4.98 Å². The van der Waals surface area contributed by atoms with Crippen molar-refractivity contribution in [3.8, 4) is 28.0 Å². The molecule has 1 aliphatic rings. The molecule has 9 nitrogen and oxygen atoms in total. The van der Waals surface area contributed by atoms with Crippen LogP contribution < -0.4 is 25.4 Å². The minimum absolute atomic E-state index is 0.265. The average Bonchev–Trinajstić information content (AvgIpc) is 3.43. The van der Waals surface area contributed by atoms with Gasteiger partial charge in [-0.05, 0) is 63.2 Å². The van der Waals surface area contributed by atoms with E-state index >= 15 is 4.39 Å². The predicted molar refractivity (Wildman–Crippen MR) is 155 cm³/mol. The Labute approximate surface area is 234 Å². The van der Waals surface area contributed by atoms with Gasteiger partial charge in [0.1, 0.15) is 29.5 Å². The highest BCUT2D eigenvalue weighted by atomic mass is 32.1. The molecule has 40 heavy (non-hydrogen) atoms. The molecule has 0 saturated carbocycles. The molecule has 3 aromatic heterocycles. The van der Waals surface area contributed by atoms with Gasteiger partial charge in [0, 0.05) is 46.4 Å². The van der Waals surface area contributed by atoms with Crippen molar-refractivity contribution < 1.29 is 13.9 Å². The van der Waals surface area contributed by atoms with Crippen LogP contribution in [0.1, 0.15) is 18.5 Å². The lowest BCUT2D eigenvalue weighted by Crippen LogP contribution is -2.35. The maximum absolute atomic E-state index is 15.2. The van der Waals surface area contributed by atoms with Gasteiger partial charge in [-0.2, -0.15) is 0 Å². The number of rotatable bonds is 8. The van der Waals surface area contributed by atoms with E-state index in [4.69, 9.17) is 9.47 Å². The number of nitrogens with one attached hydrogen (secondary N) is 3. The molecular formula is C29H28FN7O2S. The molecule has 11 heteroatoms. The molecule has 5 aromatic rings. The van der Waals surface area contributed by atoms with E-state index in [1.54, 1.807) is 25.4 Å². The Hall–Kier alpha value is -4.35. The number of nitrogens with zero attached hydrogens (tertiary/aromatic N) is 4. The van der Waals surface area contributed by atoms with Crippen molar-refractivity contribution in [3.05, 3.63) is 71.9 Å². The number of benzene rings is 2. The van der Waals surface area contributed by atoms with E-state index in [0.29, 0.717) is 34.1 Å². The maximum Gasteiger partial charge on any atom is 0.279 e. The van der Waals surface area contributed by atoms with E-state index in [-0.39, 0.29) is 5.69 Å². The molecule has 1 aliphatic heterocycles. The first-order valence-electron chi connectivity index (χ1n) is 13.0. The van der Waals surface area contributed by atoms with Gasteiger partial charge in [0.05, 0.1) is 29.7 Å². The second-order valence-electron chi connectivity index (χ2n) is 9.52. The van der Waals surface area contributed by atoms with Crippen LogP contribution >= 0.6 is 11.3 Å². The molecule has 6 rings (SSSR count). The van der Waals surface area contributed by atoms with E-state index in [1.807, 2.05) is 36.6 Å². The molecule has 0 bridgehead atoms. The van der Waals surface area contributed by atoms with Gasteiger partial charge >= 0.3 is 0 Å². The number of fused-ring (bicyclic) bond motifs is 1. The van der Waals surface area contributed by atoms with Gasteiger partial charge in [-0.15, -0.1) is 0 Å². The van der Waals surface area contributed by atoms with Gasteiger partial charge in [-0.1, -0.05) is 11.3 Å². The van der Waals surface area contributed by atoms with Gasteiger partial charge in [0.25, 0.3) is 5.19 Å². The van der Waals surface area contributed by atoms with Crippen molar-refractivity contribution in [3.63, 3.8) is 0 Å². The summed E-state index contributed by atoms with van der Waals surface area (Å²) in [5.74, 6) is 1.05. The molecule has 204 valence electrons. The van der Waals surface area contributed by atoms with Crippen molar-refractivity contribution in [2.45, 2.75) is 25.8 Å². The summed E-state index contributed by atoms with van der Waals surface area (Å²) in [4.78, 5) is 17.6. The number of anilines is 3. The van der Waals surface area contributed by atoms with E-state index in [9.17, 15) is 0 Å². The normalized spacial score (nSPS) is 13.8. The molecule has 4 heterocycles. The number of ether oxygens (including phenoxy) is 2. The highest BCUT2D eigenvalue weighted by Crippen LogP contribution is 2.35. The zero-order valence-electron chi connectivity index (χ0n) is 22.1. The fourth-order valence-corrected chi connectivity index (χ4v) is 5.29. The summed E-state index contributed by atoms with van der Waals surface area (Å²) in [6.45, 7) is 3.87. The van der Waals surface area contributed by atoms with Crippen LogP contribution in [-0.4, -0.2) is 46.2 Å². The smallest absolute Gasteiger partial charge is 0.279 e. The Morgan fingerprint density at radius 2 is 1.90 bits per heavy atom. The lowest BCUT2D eigenvalue weighted by molar-refractivity contribution is 0.414. The summed E-state index contributed by atoms with van der Waals surface area (Å²) >= 11 is 1.34. The molecular weight excluding hydrogens is 529 g/mol. The SMILES string of the molecule is COc1cc2ncnc(Nc3ccc(Oc4nc(-c5ccc(C)nc5)cs4)cc3F)c2cc1NC1CCNCC1. The minimum Gasteiger partial charge on any atom is -0.495 e. The highest BCUT2D eigenvalue weighted by Gasteiger charge is 2.17. The second kappa shape index (κ2) is 11.4. The average molecular weight is 558 g/mol. The summed E-state index contributed by atoms with van der Waals surface area (Å²) in [6.07, 6.45) is 5.25. The molecule has 0 aliphatic carbocycles. The highest BCUT2D eigenvalue weighted by molar-refractivity contribution is 7.11. The van der Waals surface area contributed by atoms with Gasteiger partial charge in [0.15, 0.2) is 0 Å². The van der Waals surface area contributed by atoms with Crippen LogP contribution in [0.5, 0.6) is 16.7 Å². The van der Waals surface area contributed by atoms with Crippen LogP contribution in [0.15, 0.2) is 60.4 Å². The van der Waals surface area contributed by atoms with Crippen LogP contribution in [-0.2, 0) is 0 Å². The third kappa shape index (κ3) is 5.65. The van der Waals surface area contributed by atoms with Gasteiger partial charge in [-0.25, -0.2) is 19.3 Å². The first-order valence-corrected chi connectivity index (χ1v) is 13.9. The summed E-state index contributed by atoms with van der Waals surface area (Å²) < 4.78 is 26.7. The number of aromatic nitrogens is 4. The lowest BCUT2D eigenvalue weighted by atomic mass is 10.1. The number of pyridine rings is 1. The Balaban J connectivity index is 1.21. The standard InChI is InChI=1S/C29H28FN7O2S/c1-17-3-4-18(14-32-17)26-15-40-29(37-26)39-20-5-6-23(22(30)11-20)36-28-21-12-25(35-19-7-9-31-10-8-19)27(38-2)13-24(21)33-16-34-28/h3-6,11-16,19,31,35H,7-10H2,1-2H3,(H,33,34,36). The lowest BCUT2D eigenvalue weighted by Gasteiger charge is -2.25. The van der Waals surface area contributed by atoms with Crippen molar-refractivity contribution >= 4 is 39.4 Å². The van der Waals surface area contributed by atoms with E-state index in [2.05, 4.69) is 35.9 Å². The molecule has 0 radical (unpaired) electrons. The summed E-state index contributed by atoms with van der Waals surface area (Å²) in [5, 5.41) is 13.1. The zero-order valence-corrected chi connectivity index (χ0v) is 22.9. The largest absolute Gasteiger partial charge is 0.495 e. The molecule has 1 fully saturated rings. The number of hydrogen-bond acceptors (Lipinski definition) is 10. The molecule has 3 N–H and O–H groups in total. The number of methoxy groups -OCH3 is 1. The maximum atomic E-state index is 15.2. The summed E-state index contributed by atoms with van der Waals surface area (Å²) in [6, 6.07) is 12.7. The zero-order chi connectivity index (χ0) is 27.5. The fourth-order valence-electron chi connectivity index (χ4n) is 4.60. The van der Waals surface area contributed by atoms with E-state index < -0.39 is 5.82 Å². The van der Waals surface area contributed by atoms with Crippen LogP contribution in [0, 0.1) is 12.7 Å². The van der Waals surface area contributed by atoms with Gasteiger partial charge in [0.2, 0.25) is 0 Å². The summed E-state index contributed by atoms with van der Waals surface area (Å²) in [7, 11) is 1.64. The number of halogens is 1. The quantitative estimate of drug-likeness (QED) is 0.203. The third-order valence-corrected chi connectivity index (χ3v) is 7.46. The number of aryl methyl sites for hydroxylation is 1. The van der Waals surface area contributed by atoms with Crippen LogP contribution in [0.25, 0.3) is 22.2 Å². The second-order valence-corrected chi connectivity index (χ2v) is 10.3. The van der Waals surface area contributed by atoms with Crippen LogP contribution in [0.2, 0.25) is 0 Å². The van der Waals surface area contributed by atoms with Crippen LogP contribution in [0.4, 0.5) is 21.6 Å². The van der Waals surface area contributed by atoms with Crippen molar-refractivity contribution in [2.24, 2.45) is 0 Å². The Kier molecular flexibility index (Phi) is 7.39. The first kappa shape index (κ1) is 25.9. The van der Waals surface area contributed by atoms with Crippen molar-refractivity contribution in [2.75, 3.05) is 30.8 Å². The Morgan fingerprint density at radius 1 is 1.02 bits per heavy atom. The minimum atomic E-state index is -0.481. The van der Waals surface area contributed by atoms with Crippen molar-refractivity contribution in [1.82, 2.24) is 25.3 Å². The van der Waals surface area contributed by atoms with Crippen LogP contribution in [0.3, 0.4) is 0 Å². The van der Waals surface area contributed by atoms with E-state index in [1.165, 1.54) is 23.7 Å². The number of hydrogen-bond donors (Lipinski definition) is 3. The van der Waals surface area contributed by atoms with E-state index in [0.717, 1.165) is 54.0 Å². The predicted octanol–water partition coefficient (Wildman–Crippen LogP) is 6.30. The Bertz CT molecular complexity index is 1640. The number of thiazole rings is 1. The topological polar surface area (TPSA) is 106 Å². The monoisotopic (exact) mass is 557 g/mol. The fraction of sp³-hybridized carbons (Fsp3) is 0.241. The molecule has 0 spiro atoms. The van der Waals surface area contributed by atoms with Gasteiger partial charge < -0.3 is 25.4 Å². The third-order valence-electron chi connectivity index (χ3n) is 6.74.